The number of thioether (sulfide) groups is 1. The number of nitro benzene ring substituents is 1. The number of rotatable bonds is 6. The van der Waals surface area contributed by atoms with Crippen molar-refractivity contribution in [3.05, 3.63) is 82.0 Å². The summed E-state index contributed by atoms with van der Waals surface area (Å²) in [6.45, 7) is 6.15. The summed E-state index contributed by atoms with van der Waals surface area (Å²) in [6.07, 6.45) is 3.71. The van der Waals surface area contributed by atoms with Crippen molar-refractivity contribution in [3.8, 4) is 17.1 Å². The maximum Gasteiger partial charge on any atom is 0.269 e. The molecule has 0 N–H and O–H groups in total. The van der Waals surface area contributed by atoms with Crippen molar-refractivity contribution in [2.24, 2.45) is 0 Å². The molecule has 1 unspecified atom stereocenters. The molecular weight excluding hydrogens is 402 g/mol. The van der Waals surface area contributed by atoms with E-state index >= 15 is 0 Å². The van der Waals surface area contributed by atoms with Gasteiger partial charge in [0.2, 0.25) is 11.8 Å². The van der Waals surface area contributed by atoms with Gasteiger partial charge in [-0.2, -0.15) is 0 Å². The van der Waals surface area contributed by atoms with Crippen molar-refractivity contribution < 1.29 is 9.34 Å². The van der Waals surface area contributed by atoms with E-state index in [1.165, 1.54) is 35.0 Å². The largest absolute Gasteiger partial charge is 0.419 e. The maximum absolute atomic E-state index is 10.8. The van der Waals surface area contributed by atoms with Crippen LogP contribution in [0.1, 0.15) is 29.2 Å². The Bertz CT molecular complexity index is 1200. The van der Waals surface area contributed by atoms with Crippen LogP contribution in [0.25, 0.3) is 17.1 Å². The van der Waals surface area contributed by atoms with Gasteiger partial charge in [-0.05, 0) is 50.1 Å². The molecule has 0 radical (unpaired) electrons. The van der Waals surface area contributed by atoms with Gasteiger partial charge in [0, 0.05) is 30.1 Å². The molecule has 4 rings (SSSR count). The molecule has 8 nitrogen and oxygen atoms in total. The van der Waals surface area contributed by atoms with Crippen LogP contribution in [0.3, 0.4) is 0 Å². The Morgan fingerprint density at radius 3 is 2.63 bits per heavy atom. The molecule has 0 saturated carbocycles. The second kappa shape index (κ2) is 8.11. The van der Waals surface area contributed by atoms with E-state index in [2.05, 4.69) is 45.7 Å². The number of imidazole rings is 1. The van der Waals surface area contributed by atoms with Gasteiger partial charge in [-0.3, -0.25) is 14.7 Å². The van der Waals surface area contributed by atoms with Gasteiger partial charge in [0.25, 0.3) is 5.69 Å². The summed E-state index contributed by atoms with van der Waals surface area (Å²) in [6, 6.07) is 12.2. The summed E-state index contributed by atoms with van der Waals surface area (Å²) < 4.78 is 7.87. The summed E-state index contributed by atoms with van der Waals surface area (Å²) in [5.41, 5.74) is 4.14. The highest BCUT2D eigenvalue weighted by molar-refractivity contribution is 7.99. The van der Waals surface area contributed by atoms with Crippen molar-refractivity contribution in [2.75, 3.05) is 0 Å². The van der Waals surface area contributed by atoms with Crippen LogP contribution in [0.5, 0.6) is 0 Å². The van der Waals surface area contributed by atoms with Gasteiger partial charge in [0.1, 0.15) is 0 Å². The zero-order chi connectivity index (χ0) is 21.3. The van der Waals surface area contributed by atoms with Gasteiger partial charge in [-0.15, -0.1) is 10.2 Å². The van der Waals surface area contributed by atoms with Crippen molar-refractivity contribution in [1.82, 2.24) is 19.7 Å². The summed E-state index contributed by atoms with van der Waals surface area (Å²) in [7, 11) is 0. The molecule has 2 aromatic heterocycles. The van der Waals surface area contributed by atoms with Crippen LogP contribution in [-0.4, -0.2) is 24.7 Å². The molecule has 0 aliphatic rings. The highest BCUT2D eigenvalue weighted by atomic mass is 32.2. The first-order chi connectivity index (χ1) is 14.4. The molecule has 0 bridgehead atoms. The van der Waals surface area contributed by atoms with Crippen LogP contribution in [0.15, 0.2) is 64.4 Å². The molecule has 4 aromatic rings. The quantitative estimate of drug-likeness (QED) is 0.236. The maximum atomic E-state index is 10.8. The monoisotopic (exact) mass is 421 g/mol. The van der Waals surface area contributed by atoms with E-state index in [1.807, 2.05) is 19.2 Å². The molecule has 30 heavy (non-hydrogen) atoms. The van der Waals surface area contributed by atoms with E-state index in [9.17, 15) is 10.1 Å². The molecule has 0 spiro atoms. The zero-order valence-electron chi connectivity index (χ0n) is 16.6. The van der Waals surface area contributed by atoms with Gasteiger partial charge in [-0.25, -0.2) is 4.98 Å². The summed E-state index contributed by atoms with van der Waals surface area (Å²) in [5, 5.41) is 19.7. The minimum atomic E-state index is -0.445. The fourth-order valence-corrected chi connectivity index (χ4v) is 3.91. The summed E-state index contributed by atoms with van der Waals surface area (Å²) in [4.78, 5) is 14.9. The Balaban J connectivity index is 1.55. The number of aryl methyl sites for hydroxylation is 1. The number of aromatic nitrogens is 4. The zero-order valence-corrected chi connectivity index (χ0v) is 17.5. The Morgan fingerprint density at radius 2 is 1.90 bits per heavy atom. The predicted molar refractivity (Wildman–Crippen MR) is 114 cm³/mol. The van der Waals surface area contributed by atoms with Gasteiger partial charge in [-0.1, -0.05) is 23.9 Å². The number of hydrogen-bond acceptors (Lipinski definition) is 7. The molecule has 0 saturated heterocycles. The standard InChI is InChI=1S/C21H19N5O3S/c1-13-5-4-6-18(14(13)2)25-12-11-22-21(25)30-15(3)19-23-24-20(29-19)16-7-9-17(10-8-16)26(27)28/h4-12,15H,1-3H3. The van der Waals surface area contributed by atoms with E-state index in [4.69, 9.17) is 4.42 Å². The first-order valence-electron chi connectivity index (χ1n) is 9.29. The molecule has 0 aliphatic heterocycles. The third-order valence-electron chi connectivity index (χ3n) is 4.84. The lowest BCUT2D eigenvalue weighted by Crippen LogP contribution is -2.00. The van der Waals surface area contributed by atoms with Crippen LogP contribution in [0.2, 0.25) is 0 Å². The second-order valence-corrected chi connectivity index (χ2v) is 8.12. The van der Waals surface area contributed by atoms with Crippen LogP contribution < -0.4 is 0 Å². The van der Waals surface area contributed by atoms with Crippen molar-refractivity contribution in [3.63, 3.8) is 0 Å². The number of non-ortho nitro benzene ring substituents is 1. The second-order valence-electron chi connectivity index (χ2n) is 6.81. The van der Waals surface area contributed by atoms with E-state index in [-0.39, 0.29) is 10.9 Å². The molecule has 1 atom stereocenters. The number of hydrogen-bond donors (Lipinski definition) is 0. The number of benzene rings is 2. The highest BCUT2D eigenvalue weighted by Gasteiger charge is 2.20. The van der Waals surface area contributed by atoms with Gasteiger partial charge in [0.15, 0.2) is 5.16 Å². The third-order valence-corrected chi connectivity index (χ3v) is 5.91. The molecule has 9 heteroatoms. The Morgan fingerprint density at radius 1 is 1.13 bits per heavy atom. The van der Waals surface area contributed by atoms with Gasteiger partial charge >= 0.3 is 0 Å². The first kappa shape index (κ1) is 19.8. The van der Waals surface area contributed by atoms with Crippen LogP contribution in [0, 0.1) is 24.0 Å². The topological polar surface area (TPSA) is 99.9 Å². The van der Waals surface area contributed by atoms with Crippen LogP contribution in [-0.2, 0) is 0 Å². The Hall–Kier alpha value is -3.46. The number of nitro groups is 1. The average molecular weight is 421 g/mol. The smallest absolute Gasteiger partial charge is 0.269 e. The lowest BCUT2D eigenvalue weighted by molar-refractivity contribution is -0.384. The van der Waals surface area contributed by atoms with E-state index in [0.29, 0.717) is 17.3 Å². The summed E-state index contributed by atoms with van der Waals surface area (Å²) in [5.74, 6) is 0.786. The Labute approximate surface area is 177 Å². The third kappa shape index (κ3) is 3.84. The van der Waals surface area contributed by atoms with E-state index < -0.39 is 4.92 Å². The molecule has 2 heterocycles. The summed E-state index contributed by atoms with van der Waals surface area (Å²) >= 11 is 1.52. The molecule has 0 aliphatic carbocycles. The van der Waals surface area contributed by atoms with Crippen molar-refractivity contribution in [2.45, 2.75) is 31.2 Å². The van der Waals surface area contributed by atoms with Crippen molar-refractivity contribution in [1.29, 1.82) is 0 Å². The van der Waals surface area contributed by atoms with E-state index in [0.717, 1.165) is 10.8 Å². The first-order valence-corrected chi connectivity index (χ1v) is 10.2. The fourth-order valence-electron chi connectivity index (χ4n) is 3.01. The lowest BCUT2D eigenvalue weighted by atomic mass is 10.1. The normalized spacial score (nSPS) is 12.1. The van der Waals surface area contributed by atoms with Crippen LogP contribution >= 0.6 is 11.8 Å². The molecule has 152 valence electrons. The van der Waals surface area contributed by atoms with Gasteiger partial charge in [0.05, 0.1) is 15.9 Å². The van der Waals surface area contributed by atoms with Crippen LogP contribution in [0.4, 0.5) is 5.69 Å². The van der Waals surface area contributed by atoms with Crippen molar-refractivity contribution >= 4 is 17.4 Å². The number of nitrogens with zero attached hydrogens (tertiary/aromatic N) is 5. The Kier molecular flexibility index (Phi) is 5.37. The lowest BCUT2D eigenvalue weighted by Gasteiger charge is -2.13. The average Bonchev–Trinajstić information content (AvgIpc) is 3.40. The molecule has 0 fully saturated rings. The minimum absolute atomic E-state index is 0.0145. The fraction of sp³-hybridized carbons (Fsp3) is 0.190. The highest BCUT2D eigenvalue weighted by Crippen LogP contribution is 2.36. The molecule has 2 aromatic carbocycles. The predicted octanol–water partition coefficient (Wildman–Crippen LogP) is 5.30. The molecule has 0 amide bonds. The van der Waals surface area contributed by atoms with Gasteiger partial charge < -0.3 is 4.42 Å². The molecular formula is C21H19N5O3S. The van der Waals surface area contributed by atoms with E-state index in [1.54, 1.807) is 18.3 Å². The SMILES string of the molecule is Cc1cccc(-n2ccnc2SC(C)c2nnc(-c3ccc([N+](=O)[O-])cc3)o2)c1C. The minimum Gasteiger partial charge on any atom is -0.419 e.